The number of benzene rings is 1. The average molecular weight is 326 g/mol. The zero-order chi connectivity index (χ0) is 15.5. The molecule has 1 fully saturated rings. The summed E-state index contributed by atoms with van der Waals surface area (Å²) in [7, 11) is 0. The van der Waals surface area contributed by atoms with Crippen LogP contribution < -0.4 is 20.7 Å². The number of hydrogen-bond acceptors (Lipinski definition) is 4. The first-order chi connectivity index (χ1) is 10.6. The maximum absolute atomic E-state index is 11.9. The van der Waals surface area contributed by atoms with Gasteiger partial charge in [0.05, 0.1) is 16.8 Å². The lowest BCUT2D eigenvalue weighted by molar-refractivity contribution is -0.118. The van der Waals surface area contributed by atoms with Crippen molar-refractivity contribution in [2.75, 3.05) is 30.4 Å². The Kier molecular flexibility index (Phi) is 4.35. The predicted octanol–water partition coefficient (Wildman–Crippen LogP) is 1.97. The molecule has 3 N–H and O–H groups in total. The average Bonchev–Trinajstić information content (AvgIpc) is 2.98. The molecule has 0 bridgehead atoms. The Balaban J connectivity index is 1.62. The van der Waals surface area contributed by atoms with E-state index < -0.39 is 0 Å². The molecule has 0 unspecified atom stereocenters. The van der Waals surface area contributed by atoms with Gasteiger partial charge in [0.2, 0.25) is 0 Å². The summed E-state index contributed by atoms with van der Waals surface area (Å²) in [5.41, 5.74) is 0.914. The molecule has 0 radical (unpaired) electrons. The smallest absolute Gasteiger partial charge is 0.319 e. The summed E-state index contributed by atoms with van der Waals surface area (Å²) in [5, 5.41) is 8.40. The number of carbonyl (C=O) groups is 2. The molecular formula is C14H16ClN3O4. The first-order valence-corrected chi connectivity index (χ1v) is 7.42. The first-order valence-electron chi connectivity index (χ1n) is 7.04. The van der Waals surface area contributed by atoms with E-state index in [-0.39, 0.29) is 24.6 Å². The minimum absolute atomic E-state index is 0.0681. The Labute approximate surface area is 132 Å². The molecule has 1 aromatic carbocycles. The maximum Gasteiger partial charge on any atom is 0.319 e. The number of rotatable bonds is 3. The van der Waals surface area contributed by atoms with Crippen molar-refractivity contribution in [1.82, 2.24) is 5.32 Å². The van der Waals surface area contributed by atoms with Gasteiger partial charge in [0.25, 0.3) is 5.91 Å². The van der Waals surface area contributed by atoms with E-state index in [2.05, 4.69) is 16.0 Å². The number of anilines is 2. The van der Waals surface area contributed by atoms with Crippen molar-refractivity contribution in [3.05, 3.63) is 17.2 Å². The molecule has 8 heteroatoms. The number of halogens is 1. The molecule has 1 saturated heterocycles. The van der Waals surface area contributed by atoms with Crippen LogP contribution in [-0.4, -0.2) is 37.8 Å². The second-order valence-electron chi connectivity index (χ2n) is 5.14. The summed E-state index contributed by atoms with van der Waals surface area (Å²) in [6.45, 7) is 1.14. The van der Waals surface area contributed by atoms with Crippen LogP contribution in [-0.2, 0) is 9.53 Å². The standard InChI is InChI=1S/C14H16ClN3O4/c15-10-4-8(5-11-13(10)22-7-12(19)18-11)17-14(20)16-6-9-2-1-3-21-9/h4-5,9H,1-3,6-7H2,(H,18,19)(H2,16,17,20)/t9-/m0/s1. The highest BCUT2D eigenvalue weighted by atomic mass is 35.5. The third kappa shape index (κ3) is 3.42. The highest BCUT2D eigenvalue weighted by molar-refractivity contribution is 6.33. The second-order valence-corrected chi connectivity index (χ2v) is 5.55. The molecule has 22 heavy (non-hydrogen) atoms. The number of carbonyl (C=O) groups excluding carboxylic acids is 2. The molecule has 0 aliphatic carbocycles. The van der Waals surface area contributed by atoms with E-state index >= 15 is 0 Å². The van der Waals surface area contributed by atoms with Gasteiger partial charge >= 0.3 is 6.03 Å². The second kappa shape index (κ2) is 6.41. The largest absolute Gasteiger partial charge is 0.480 e. The number of urea groups is 1. The fourth-order valence-corrected chi connectivity index (χ4v) is 2.69. The minimum atomic E-state index is -0.352. The molecule has 1 aromatic rings. The van der Waals surface area contributed by atoms with Crippen LogP contribution in [0.3, 0.4) is 0 Å². The third-order valence-corrected chi connectivity index (χ3v) is 3.72. The number of ether oxygens (including phenoxy) is 2. The molecule has 1 atom stereocenters. The van der Waals surface area contributed by atoms with Crippen LogP contribution in [0, 0.1) is 0 Å². The van der Waals surface area contributed by atoms with Crippen LogP contribution in [0.1, 0.15) is 12.8 Å². The Bertz CT molecular complexity index is 602. The molecule has 3 amide bonds. The lowest BCUT2D eigenvalue weighted by atomic mass is 10.2. The van der Waals surface area contributed by atoms with Gasteiger partial charge in [-0.2, -0.15) is 0 Å². The molecule has 0 saturated carbocycles. The van der Waals surface area contributed by atoms with Crippen LogP contribution in [0.2, 0.25) is 5.02 Å². The fourth-order valence-electron chi connectivity index (χ4n) is 2.42. The summed E-state index contributed by atoms with van der Waals surface area (Å²) in [6, 6.07) is 2.82. The van der Waals surface area contributed by atoms with E-state index in [1.54, 1.807) is 12.1 Å². The number of amides is 3. The van der Waals surface area contributed by atoms with Gasteiger partial charge in [-0.3, -0.25) is 4.79 Å². The van der Waals surface area contributed by atoms with Crippen LogP contribution in [0.5, 0.6) is 5.75 Å². The molecular weight excluding hydrogens is 310 g/mol. The van der Waals surface area contributed by atoms with Crippen molar-refractivity contribution in [3.8, 4) is 5.75 Å². The van der Waals surface area contributed by atoms with E-state index in [0.29, 0.717) is 28.7 Å². The van der Waals surface area contributed by atoms with Crippen molar-refractivity contribution < 1.29 is 19.1 Å². The molecule has 0 spiro atoms. The van der Waals surface area contributed by atoms with Gasteiger partial charge in [-0.05, 0) is 25.0 Å². The van der Waals surface area contributed by atoms with Crippen molar-refractivity contribution in [2.24, 2.45) is 0 Å². The summed E-state index contributed by atoms with van der Waals surface area (Å²) in [6.07, 6.45) is 2.05. The molecule has 2 heterocycles. The Morgan fingerprint density at radius 2 is 2.32 bits per heavy atom. The number of hydrogen-bond donors (Lipinski definition) is 3. The van der Waals surface area contributed by atoms with Crippen LogP contribution in [0.4, 0.5) is 16.2 Å². The van der Waals surface area contributed by atoms with E-state index in [9.17, 15) is 9.59 Å². The first kappa shape index (κ1) is 14.9. The lowest BCUT2D eigenvalue weighted by Gasteiger charge is -2.20. The third-order valence-electron chi connectivity index (χ3n) is 3.44. The van der Waals surface area contributed by atoms with Crippen molar-refractivity contribution in [1.29, 1.82) is 0 Å². The summed E-state index contributed by atoms with van der Waals surface area (Å²) in [4.78, 5) is 23.2. The Morgan fingerprint density at radius 1 is 1.45 bits per heavy atom. The Morgan fingerprint density at radius 3 is 3.09 bits per heavy atom. The molecule has 2 aliphatic rings. The normalized spacial score (nSPS) is 19.9. The predicted molar refractivity (Wildman–Crippen MR) is 81.6 cm³/mol. The molecule has 0 aromatic heterocycles. The van der Waals surface area contributed by atoms with Crippen LogP contribution >= 0.6 is 11.6 Å². The lowest BCUT2D eigenvalue weighted by Crippen LogP contribution is -2.35. The van der Waals surface area contributed by atoms with Gasteiger partial charge < -0.3 is 25.4 Å². The zero-order valence-electron chi connectivity index (χ0n) is 11.8. The monoisotopic (exact) mass is 325 g/mol. The Hall–Kier alpha value is -1.99. The van der Waals surface area contributed by atoms with Crippen molar-refractivity contribution in [3.63, 3.8) is 0 Å². The minimum Gasteiger partial charge on any atom is -0.480 e. The zero-order valence-corrected chi connectivity index (χ0v) is 12.5. The van der Waals surface area contributed by atoms with Gasteiger partial charge in [-0.25, -0.2) is 4.79 Å². The highest BCUT2D eigenvalue weighted by Crippen LogP contribution is 2.38. The van der Waals surface area contributed by atoms with Crippen LogP contribution in [0.25, 0.3) is 0 Å². The molecule has 2 aliphatic heterocycles. The topological polar surface area (TPSA) is 88.7 Å². The van der Waals surface area contributed by atoms with Gasteiger partial charge in [0, 0.05) is 18.8 Å². The summed E-state index contributed by atoms with van der Waals surface area (Å²) in [5.74, 6) is 0.148. The summed E-state index contributed by atoms with van der Waals surface area (Å²) < 4.78 is 10.7. The number of fused-ring (bicyclic) bond motifs is 1. The number of nitrogens with one attached hydrogen (secondary N) is 3. The van der Waals surface area contributed by atoms with E-state index in [1.165, 1.54) is 0 Å². The quantitative estimate of drug-likeness (QED) is 0.792. The van der Waals surface area contributed by atoms with Gasteiger partial charge in [0.1, 0.15) is 0 Å². The molecule has 7 nitrogen and oxygen atoms in total. The highest BCUT2D eigenvalue weighted by Gasteiger charge is 2.20. The van der Waals surface area contributed by atoms with Gasteiger partial charge in [-0.1, -0.05) is 11.6 Å². The SMILES string of the molecule is O=C1COc2c(Cl)cc(NC(=O)NC[C@@H]3CCCO3)cc2N1. The summed E-state index contributed by atoms with van der Waals surface area (Å²) >= 11 is 6.09. The van der Waals surface area contributed by atoms with Gasteiger partial charge in [-0.15, -0.1) is 0 Å². The van der Waals surface area contributed by atoms with Crippen LogP contribution in [0.15, 0.2) is 12.1 Å². The van der Waals surface area contributed by atoms with Crippen molar-refractivity contribution >= 4 is 34.9 Å². The molecule has 3 rings (SSSR count). The van der Waals surface area contributed by atoms with E-state index in [4.69, 9.17) is 21.1 Å². The maximum atomic E-state index is 11.9. The molecule has 118 valence electrons. The van der Waals surface area contributed by atoms with Crippen molar-refractivity contribution in [2.45, 2.75) is 18.9 Å². The fraction of sp³-hybridized carbons (Fsp3) is 0.429. The van der Waals surface area contributed by atoms with E-state index in [0.717, 1.165) is 19.4 Å². The van der Waals surface area contributed by atoms with E-state index in [1.807, 2.05) is 0 Å². The van der Waals surface area contributed by atoms with Gasteiger partial charge in [0.15, 0.2) is 12.4 Å².